The molecule has 2 rings (SSSR count). The summed E-state index contributed by atoms with van der Waals surface area (Å²) >= 11 is 11.3. The minimum Gasteiger partial charge on any atom is -0.395 e. The Bertz CT molecular complexity index is 582. The van der Waals surface area contributed by atoms with E-state index in [-0.39, 0.29) is 12.5 Å². The maximum Gasteiger partial charge on any atom is 0.0951 e. The first-order valence-corrected chi connectivity index (χ1v) is 6.77. The van der Waals surface area contributed by atoms with E-state index in [0.717, 1.165) is 21.1 Å². The molecule has 0 bridgehead atoms. The highest BCUT2D eigenvalue weighted by Crippen LogP contribution is 2.21. The lowest BCUT2D eigenvalue weighted by Gasteiger charge is -2.16. The second-order valence-electron chi connectivity index (χ2n) is 4.38. The smallest absolute Gasteiger partial charge is 0.0951 e. The van der Waals surface area contributed by atoms with E-state index in [9.17, 15) is 5.11 Å². The highest BCUT2D eigenvalue weighted by molar-refractivity contribution is 7.80. The molecule has 0 radical (unpaired) electrons. The summed E-state index contributed by atoms with van der Waals surface area (Å²) in [5, 5.41) is 10.2. The van der Waals surface area contributed by atoms with Crippen LogP contribution in [0.15, 0.2) is 36.8 Å². The van der Waals surface area contributed by atoms with Crippen LogP contribution in [-0.2, 0) is 6.54 Å². The molecule has 1 heterocycles. The molecule has 0 spiro atoms. The number of hydrogen-bond acceptors (Lipinski definition) is 3. The predicted octanol–water partition coefficient (Wildman–Crippen LogP) is 3.05. The summed E-state index contributed by atoms with van der Waals surface area (Å²) in [6.45, 7) is 2.45. The van der Waals surface area contributed by atoms with Crippen LogP contribution in [0.1, 0.15) is 24.1 Å². The summed E-state index contributed by atoms with van der Waals surface area (Å²) in [6.07, 6.45) is 3.48. The molecule has 1 aromatic heterocycles. The van der Waals surface area contributed by atoms with Crippen molar-refractivity contribution in [3.05, 3.63) is 53.1 Å². The molecule has 0 saturated heterocycles. The topological polar surface area (TPSA) is 38.1 Å². The van der Waals surface area contributed by atoms with Crippen LogP contribution in [0.5, 0.6) is 0 Å². The lowest BCUT2D eigenvalue weighted by Crippen LogP contribution is -2.16. The number of hydrogen-bond donors (Lipinski definition) is 1. The maximum atomic E-state index is 9.46. The molecule has 19 heavy (non-hydrogen) atoms. The zero-order valence-corrected chi connectivity index (χ0v) is 12.2. The van der Waals surface area contributed by atoms with Crippen molar-refractivity contribution in [3.8, 4) is 0 Å². The van der Waals surface area contributed by atoms with Crippen molar-refractivity contribution in [2.75, 3.05) is 6.61 Å². The number of thiocarbonyl (C=S) groups is 1. The van der Waals surface area contributed by atoms with Gasteiger partial charge in [0.2, 0.25) is 0 Å². The van der Waals surface area contributed by atoms with Gasteiger partial charge in [0.25, 0.3) is 0 Å². The fourth-order valence-corrected chi connectivity index (χ4v) is 2.38. The van der Waals surface area contributed by atoms with Crippen molar-refractivity contribution in [2.24, 2.45) is 0 Å². The SMILES string of the molecule is CC(=S)C(CO)c1cncn1Cc1ccccc1Cl. The number of halogens is 1. The van der Waals surface area contributed by atoms with Gasteiger partial charge in [-0.1, -0.05) is 42.0 Å². The van der Waals surface area contributed by atoms with E-state index in [2.05, 4.69) is 4.98 Å². The molecule has 0 fully saturated rings. The van der Waals surface area contributed by atoms with Crippen LogP contribution in [0.2, 0.25) is 5.02 Å². The van der Waals surface area contributed by atoms with Gasteiger partial charge >= 0.3 is 0 Å². The second kappa shape index (κ2) is 6.28. The number of aliphatic hydroxyl groups is 1. The fraction of sp³-hybridized carbons (Fsp3) is 0.286. The standard InChI is InChI=1S/C14H15ClN2OS/c1-10(19)12(8-18)14-6-16-9-17(14)7-11-4-2-3-5-13(11)15/h2-6,9,12,18H,7-8H2,1H3. The number of imidazole rings is 1. The molecule has 100 valence electrons. The predicted molar refractivity (Wildman–Crippen MR) is 80.9 cm³/mol. The molecular formula is C14H15ClN2OS. The monoisotopic (exact) mass is 294 g/mol. The molecule has 0 aliphatic heterocycles. The van der Waals surface area contributed by atoms with Gasteiger partial charge < -0.3 is 9.67 Å². The van der Waals surface area contributed by atoms with Crippen molar-refractivity contribution in [3.63, 3.8) is 0 Å². The lowest BCUT2D eigenvalue weighted by molar-refractivity contribution is 0.286. The molecule has 0 aliphatic carbocycles. The zero-order chi connectivity index (χ0) is 13.8. The van der Waals surface area contributed by atoms with Crippen LogP contribution in [0.4, 0.5) is 0 Å². The highest BCUT2D eigenvalue weighted by atomic mass is 35.5. The zero-order valence-electron chi connectivity index (χ0n) is 10.6. The molecule has 0 aliphatic rings. The number of aromatic nitrogens is 2. The Hall–Kier alpha value is -1.23. The molecule has 2 aromatic rings. The third-order valence-electron chi connectivity index (χ3n) is 3.07. The second-order valence-corrected chi connectivity index (χ2v) is 5.43. The van der Waals surface area contributed by atoms with Gasteiger partial charge in [0.15, 0.2) is 0 Å². The van der Waals surface area contributed by atoms with E-state index in [1.165, 1.54) is 0 Å². The van der Waals surface area contributed by atoms with Crippen LogP contribution in [0.25, 0.3) is 0 Å². The van der Waals surface area contributed by atoms with Gasteiger partial charge in [-0.05, 0) is 18.6 Å². The molecule has 1 atom stereocenters. The van der Waals surface area contributed by atoms with E-state index >= 15 is 0 Å². The number of rotatable bonds is 5. The minimum absolute atomic E-state index is 0.0104. The third kappa shape index (κ3) is 3.21. The molecule has 1 unspecified atom stereocenters. The quantitative estimate of drug-likeness (QED) is 0.861. The Morgan fingerprint density at radius 3 is 2.84 bits per heavy atom. The fourth-order valence-electron chi connectivity index (χ4n) is 1.99. The van der Waals surface area contributed by atoms with Crippen LogP contribution in [-0.4, -0.2) is 26.1 Å². The summed E-state index contributed by atoms with van der Waals surface area (Å²) in [6, 6.07) is 7.69. The van der Waals surface area contributed by atoms with Gasteiger partial charge in [0.1, 0.15) is 0 Å². The largest absolute Gasteiger partial charge is 0.395 e. The van der Waals surface area contributed by atoms with Crippen molar-refractivity contribution >= 4 is 28.7 Å². The third-order valence-corrected chi connectivity index (χ3v) is 3.73. The lowest BCUT2D eigenvalue weighted by atomic mass is 10.0. The average Bonchev–Trinajstić information content (AvgIpc) is 2.81. The van der Waals surface area contributed by atoms with E-state index in [4.69, 9.17) is 23.8 Å². The summed E-state index contributed by atoms with van der Waals surface area (Å²) in [7, 11) is 0. The molecule has 1 N–H and O–H groups in total. The molecule has 5 heteroatoms. The Morgan fingerprint density at radius 2 is 2.21 bits per heavy atom. The van der Waals surface area contributed by atoms with Gasteiger partial charge in [-0.3, -0.25) is 0 Å². The van der Waals surface area contributed by atoms with Gasteiger partial charge in [-0.15, -0.1) is 0 Å². The molecule has 3 nitrogen and oxygen atoms in total. The normalized spacial score (nSPS) is 12.4. The first kappa shape index (κ1) is 14.2. The van der Waals surface area contributed by atoms with Crippen LogP contribution in [0, 0.1) is 0 Å². The minimum atomic E-state index is -0.167. The van der Waals surface area contributed by atoms with E-state index in [1.807, 2.05) is 35.8 Å². The van der Waals surface area contributed by atoms with Crippen LogP contribution in [0.3, 0.4) is 0 Å². The summed E-state index contributed by atoms with van der Waals surface area (Å²) in [5.41, 5.74) is 1.93. The first-order chi connectivity index (χ1) is 9.13. The first-order valence-electron chi connectivity index (χ1n) is 5.98. The van der Waals surface area contributed by atoms with Gasteiger partial charge in [-0.2, -0.15) is 0 Å². The van der Waals surface area contributed by atoms with Gasteiger partial charge in [-0.25, -0.2) is 4.98 Å². The summed E-state index contributed by atoms with van der Waals surface area (Å²) in [4.78, 5) is 4.90. The van der Waals surface area contributed by atoms with E-state index in [0.29, 0.717) is 6.54 Å². The maximum absolute atomic E-state index is 9.46. The van der Waals surface area contributed by atoms with Gasteiger partial charge in [0, 0.05) is 21.8 Å². The Labute approximate surface area is 122 Å². The van der Waals surface area contributed by atoms with E-state index in [1.54, 1.807) is 12.5 Å². The van der Waals surface area contributed by atoms with Crippen LogP contribution < -0.4 is 0 Å². The van der Waals surface area contributed by atoms with Crippen LogP contribution >= 0.6 is 23.8 Å². The highest BCUT2D eigenvalue weighted by Gasteiger charge is 2.17. The molecular weight excluding hydrogens is 280 g/mol. The average molecular weight is 295 g/mol. The summed E-state index contributed by atoms with van der Waals surface area (Å²) < 4.78 is 1.97. The van der Waals surface area contributed by atoms with Crippen molar-refractivity contribution < 1.29 is 5.11 Å². The molecule has 1 aromatic carbocycles. The van der Waals surface area contributed by atoms with Crippen molar-refractivity contribution in [1.82, 2.24) is 9.55 Å². The Kier molecular flexibility index (Phi) is 4.69. The van der Waals surface area contributed by atoms with Crippen molar-refractivity contribution in [2.45, 2.75) is 19.4 Å². The molecule has 0 saturated carbocycles. The van der Waals surface area contributed by atoms with Gasteiger partial charge in [0.05, 0.1) is 25.4 Å². The van der Waals surface area contributed by atoms with Crippen molar-refractivity contribution in [1.29, 1.82) is 0 Å². The number of benzene rings is 1. The molecule has 0 amide bonds. The summed E-state index contributed by atoms with van der Waals surface area (Å²) in [5.74, 6) is -0.167. The number of nitrogens with zero attached hydrogens (tertiary/aromatic N) is 2. The Balaban J connectivity index is 2.30. The number of aliphatic hydroxyl groups excluding tert-OH is 1. The van der Waals surface area contributed by atoms with E-state index < -0.39 is 0 Å². The Morgan fingerprint density at radius 1 is 1.47 bits per heavy atom.